The standard InChI is InChI=1S/C31H49N2O4.BrH/c1-23(2)12-15-27-28(16-13-26-14-17-30(35)37-31(26)27)36-19-11-9-10-18-33(7,8)22-29(34)32(20-24(3)4)21-25(5)6;/h12-14,16-17,24-25H,9-11,15,18-22H2,1-8H3;1H/q+1;/p-1. The van der Waals surface area contributed by atoms with Gasteiger partial charge in [0.1, 0.15) is 11.3 Å². The molecule has 0 aliphatic heterocycles. The van der Waals surface area contributed by atoms with Crippen molar-refractivity contribution in [3.05, 3.63) is 51.9 Å². The molecule has 0 N–H and O–H groups in total. The van der Waals surface area contributed by atoms with E-state index >= 15 is 0 Å². The fraction of sp³-hybridized carbons (Fsp3) is 0.613. The third-order valence-electron chi connectivity index (χ3n) is 6.32. The summed E-state index contributed by atoms with van der Waals surface area (Å²) in [5.41, 5.74) is 2.38. The van der Waals surface area contributed by atoms with Crippen LogP contribution in [0, 0.1) is 11.8 Å². The van der Waals surface area contributed by atoms with E-state index in [1.165, 1.54) is 11.6 Å². The van der Waals surface area contributed by atoms with Gasteiger partial charge in [0.05, 0.1) is 27.2 Å². The maximum atomic E-state index is 13.0. The third-order valence-corrected chi connectivity index (χ3v) is 6.32. The molecule has 1 aromatic heterocycles. The van der Waals surface area contributed by atoms with Crippen LogP contribution in [-0.4, -0.2) is 62.2 Å². The number of rotatable bonds is 15. The molecule has 1 amide bonds. The molecule has 7 heteroatoms. The van der Waals surface area contributed by atoms with Crippen LogP contribution in [-0.2, 0) is 11.2 Å². The predicted molar refractivity (Wildman–Crippen MR) is 153 cm³/mol. The van der Waals surface area contributed by atoms with Crippen LogP contribution in [0.15, 0.2) is 45.1 Å². The Balaban J connectivity index is 0.00000722. The number of allylic oxidation sites excluding steroid dienone is 2. The zero-order chi connectivity index (χ0) is 27.6. The van der Waals surface area contributed by atoms with Crippen molar-refractivity contribution >= 4 is 16.9 Å². The van der Waals surface area contributed by atoms with Gasteiger partial charge >= 0.3 is 5.63 Å². The Morgan fingerprint density at radius 3 is 2.24 bits per heavy atom. The fourth-order valence-electron chi connectivity index (χ4n) is 4.51. The summed E-state index contributed by atoms with van der Waals surface area (Å²) < 4.78 is 12.4. The number of halogens is 1. The lowest BCUT2D eigenvalue weighted by Gasteiger charge is -2.33. The predicted octanol–water partition coefficient (Wildman–Crippen LogP) is 3.07. The summed E-state index contributed by atoms with van der Waals surface area (Å²) in [6, 6.07) is 7.17. The minimum atomic E-state index is -0.348. The molecule has 0 saturated carbocycles. The number of fused-ring (bicyclic) bond motifs is 1. The monoisotopic (exact) mass is 592 g/mol. The Kier molecular flexibility index (Phi) is 14.4. The van der Waals surface area contributed by atoms with Crippen LogP contribution in [0.4, 0.5) is 0 Å². The van der Waals surface area contributed by atoms with Crippen LogP contribution in [0.1, 0.15) is 66.4 Å². The van der Waals surface area contributed by atoms with Gasteiger partial charge in [-0.25, -0.2) is 4.79 Å². The van der Waals surface area contributed by atoms with Crippen molar-refractivity contribution in [3.8, 4) is 5.75 Å². The molecule has 0 aliphatic rings. The van der Waals surface area contributed by atoms with Crippen LogP contribution >= 0.6 is 0 Å². The summed E-state index contributed by atoms with van der Waals surface area (Å²) in [5, 5.41) is 0.902. The second-order valence-electron chi connectivity index (χ2n) is 12.0. The van der Waals surface area contributed by atoms with E-state index in [0.717, 1.165) is 55.6 Å². The Morgan fingerprint density at radius 1 is 1.00 bits per heavy atom. The van der Waals surface area contributed by atoms with E-state index in [1.807, 2.05) is 17.0 Å². The van der Waals surface area contributed by atoms with Crippen molar-refractivity contribution < 1.29 is 35.4 Å². The molecular formula is C31H49BrN2O4. The Labute approximate surface area is 240 Å². The normalized spacial score (nSPS) is 11.5. The molecule has 0 spiro atoms. The molecule has 0 bridgehead atoms. The van der Waals surface area contributed by atoms with Crippen molar-refractivity contribution in [2.24, 2.45) is 11.8 Å². The quantitative estimate of drug-likeness (QED) is 0.138. The lowest BCUT2D eigenvalue weighted by molar-refractivity contribution is -0.883. The smallest absolute Gasteiger partial charge is 0.336 e. The number of carbonyl (C=O) groups is 1. The van der Waals surface area contributed by atoms with Gasteiger partial charge in [-0.2, -0.15) is 0 Å². The number of likely N-dealkylation sites (N-methyl/N-ethyl adjacent to an activating group) is 1. The minimum Gasteiger partial charge on any atom is -1.00 e. The molecule has 0 radical (unpaired) electrons. The summed E-state index contributed by atoms with van der Waals surface area (Å²) in [6.07, 6.45) is 5.78. The van der Waals surface area contributed by atoms with Crippen molar-refractivity contribution in [1.82, 2.24) is 4.90 Å². The summed E-state index contributed by atoms with van der Waals surface area (Å²) in [5.74, 6) is 1.97. The van der Waals surface area contributed by atoms with Crippen molar-refractivity contribution in [2.75, 3.05) is 46.9 Å². The lowest BCUT2D eigenvalue weighted by Crippen LogP contribution is -3.00. The topological polar surface area (TPSA) is 59.8 Å². The van der Waals surface area contributed by atoms with Gasteiger partial charge in [0.15, 0.2) is 6.54 Å². The summed E-state index contributed by atoms with van der Waals surface area (Å²) in [4.78, 5) is 26.9. The van der Waals surface area contributed by atoms with Crippen molar-refractivity contribution in [2.45, 2.75) is 67.2 Å². The largest absolute Gasteiger partial charge is 1.00 e. The number of ether oxygens (including phenoxy) is 1. The molecular weight excluding hydrogens is 544 g/mol. The fourth-order valence-corrected chi connectivity index (χ4v) is 4.51. The van der Waals surface area contributed by atoms with Gasteiger partial charge in [0.25, 0.3) is 5.91 Å². The number of carbonyl (C=O) groups excluding carboxylic acids is 1. The summed E-state index contributed by atoms with van der Waals surface area (Å²) >= 11 is 0. The molecule has 214 valence electrons. The number of hydrogen-bond donors (Lipinski definition) is 0. The van der Waals surface area contributed by atoms with Gasteiger partial charge in [0.2, 0.25) is 0 Å². The van der Waals surface area contributed by atoms with Gasteiger partial charge in [-0.1, -0.05) is 39.3 Å². The SMILES string of the molecule is CC(C)=CCc1c(OCCCCC[N+](C)(C)CC(=O)N(CC(C)C)CC(C)C)ccc2ccc(=O)oc12.[Br-]. The summed E-state index contributed by atoms with van der Waals surface area (Å²) in [6.45, 7) is 16.5. The van der Waals surface area contributed by atoms with Gasteiger partial charge in [-0.3, -0.25) is 4.79 Å². The van der Waals surface area contributed by atoms with Gasteiger partial charge in [-0.05, 0) is 69.6 Å². The highest BCUT2D eigenvalue weighted by Crippen LogP contribution is 2.28. The third kappa shape index (κ3) is 11.7. The van der Waals surface area contributed by atoms with Gasteiger partial charge < -0.3 is 35.5 Å². The Hall–Kier alpha value is -2.12. The second kappa shape index (κ2) is 16.1. The van der Waals surface area contributed by atoms with E-state index in [4.69, 9.17) is 9.15 Å². The van der Waals surface area contributed by atoms with E-state index < -0.39 is 0 Å². The molecule has 2 rings (SSSR count). The first-order valence-corrected chi connectivity index (χ1v) is 13.8. The van der Waals surface area contributed by atoms with Crippen molar-refractivity contribution in [1.29, 1.82) is 0 Å². The van der Waals surface area contributed by atoms with Crippen molar-refractivity contribution in [3.63, 3.8) is 0 Å². The molecule has 2 aromatic rings. The first kappa shape index (κ1) is 33.9. The van der Waals surface area contributed by atoms with Gasteiger partial charge in [0, 0.05) is 30.1 Å². The molecule has 0 fully saturated rings. The zero-order valence-corrected chi connectivity index (χ0v) is 26.4. The van der Waals surface area contributed by atoms with Crippen LogP contribution < -0.4 is 27.3 Å². The number of hydrogen-bond acceptors (Lipinski definition) is 4. The Morgan fingerprint density at radius 2 is 1.63 bits per heavy atom. The van der Waals surface area contributed by atoms with Crippen LogP contribution in [0.3, 0.4) is 0 Å². The molecule has 0 saturated heterocycles. The van der Waals surface area contributed by atoms with E-state index in [1.54, 1.807) is 6.07 Å². The average molecular weight is 594 g/mol. The highest BCUT2D eigenvalue weighted by molar-refractivity contribution is 5.82. The molecule has 0 aliphatic carbocycles. The molecule has 0 atom stereocenters. The Bertz CT molecular complexity index is 1090. The highest BCUT2D eigenvalue weighted by Gasteiger charge is 2.25. The van der Waals surface area contributed by atoms with Crippen LogP contribution in [0.5, 0.6) is 5.75 Å². The molecule has 38 heavy (non-hydrogen) atoms. The molecule has 1 aromatic carbocycles. The number of quaternary nitrogens is 1. The van der Waals surface area contributed by atoms with E-state index in [-0.39, 0.29) is 28.5 Å². The van der Waals surface area contributed by atoms with E-state index in [0.29, 0.717) is 41.5 Å². The van der Waals surface area contributed by atoms with E-state index in [2.05, 4.69) is 61.7 Å². The van der Waals surface area contributed by atoms with Crippen LogP contribution in [0.2, 0.25) is 0 Å². The number of amides is 1. The first-order chi connectivity index (χ1) is 17.4. The number of benzene rings is 1. The average Bonchev–Trinajstić information content (AvgIpc) is 2.78. The first-order valence-electron chi connectivity index (χ1n) is 13.8. The van der Waals surface area contributed by atoms with Gasteiger partial charge in [-0.15, -0.1) is 0 Å². The maximum Gasteiger partial charge on any atom is 0.336 e. The summed E-state index contributed by atoms with van der Waals surface area (Å²) in [7, 11) is 4.30. The number of nitrogens with zero attached hydrogens (tertiary/aromatic N) is 2. The van der Waals surface area contributed by atoms with E-state index in [9.17, 15) is 9.59 Å². The molecule has 6 nitrogen and oxygen atoms in total. The second-order valence-corrected chi connectivity index (χ2v) is 12.0. The molecule has 0 unspecified atom stereocenters. The zero-order valence-electron chi connectivity index (χ0n) is 24.8. The van der Waals surface area contributed by atoms with Crippen LogP contribution in [0.25, 0.3) is 11.0 Å². The molecule has 1 heterocycles. The highest BCUT2D eigenvalue weighted by atomic mass is 79.9. The number of unbranched alkanes of at least 4 members (excludes halogenated alkanes) is 2. The lowest BCUT2D eigenvalue weighted by atomic mass is 10.1. The minimum absolute atomic E-state index is 0. The maximum absolute atomic E-state index is 13.0.